The molecule has 0 unspecified atom stereocenters. The summed E-state index contributed by atoms with van der Waals surface area (Å²) in [6, 6.07) is 0. The first-order valence-corrected chi connectivity index (χ1v) is 1.28. The van der Waals surface area contributed by atoms with Gasteiger partial charge in [-0.1, -0.05) is 5.92 Å². The van der Waals surface area contributed by atoms with Crippen molar-refractivity contribution in [1.29, 1.82) is 0 Å². The van der Waals surface area contributed by atoms with Gasteiger partial charge in [0.2, 0.25) is 0 Å². The van der Waals surface area contributed by atoms with Gasteiger partial charge >= 0.3 is 0 Å². The van der Waals surface area contributed by atoms with E-state index < -0.39 is 0 Å². The minimum Gasteiger partial charge on any atom is -0.288 e. The van der Waals surface area contributed by atoms with E-state index in [9.17, 15) is 0 Å². The van der Waals surface area contributed by atoms with Crippen molar-refractivity contribution in [3.8, 4) is 12.3 Å². The number of nitrogens with zero attached hydrogens (tertiary/aromatic N) is 1. The number of hydrogen-bond acceptors (Lipinski definition) is 1. The number of aliphatic imine (C=N–C) groups is 1. The van der Waals surface area contributed by atoms with E-state index in [0.717, 1.165) is 0 Å². The first-order valence-electron chi connectivity index (χ1n) is 1.28. The predicted molar refractivity (Wildman–Crippen MR) is 23.2 cm³/mol. The highest BCUT2D eigenvalue weighted by atomic mass is 14.6. The Morgan fingerprint density at radius 2 is 2.60 bits per heavy atom. The quantitative estimate of drug-likeness (QED) is 0.286. The monoisotopic (exact) mass is 67.0 g/mol. The Kier molecular flexibility index (Phi) is 2.73. The Morgan fingerprint density at radius 3 is 2.60 bits per heavy atom. The van der Waals surface area contributed by atoms with Gasteiger partial charge in [-0.15, -0.1) is 6.42 Å². The molecule has 0 aromatic carbocycles. The van der Waals surface area contributed by atoms with Gasteiger partial charge in [-0.05, 0) is 0 Å². The summed E-state index contributed by atoms with van der Waals surface area (Å²) in [5.74, 6) is 2.23. The van der Waals surface area contributed by atoms with Crippen molar-refractivity contribution in [3.63, 3.8) is 0 Å². The minimum atomic E-state index is 1.40. The fourth-order valence-corrected chi connectivity index (χ4v) is 0.0745. The zero-order valence-electron chi connectivity index (χ0n) is 3.10. The molecule has 0 saturated heterocycles. The van der Waals surface area contributed by atoms with Crippen LogP contribution in [0.25, 0.3) is 0 Å². The van der Waals surface area contributed by atoms with Gasteiger partial charge in [0, 0.05) is 7.05 Å². The molecule has 0 aromatic rings. The van der Waals surface area contributed by atoms with E-state index in [2.05, 4.69) is 10.9 Å². The third-order valence-electron chi connectivity index (χ3n) is 0.204. The van der Waals surface area contributed by atoms with Gasteiger partial charge in [0.05, 0.1) is 6.21 Å². The molecule has 1 nitrogen and oxygen atoms in total. The first-order chi connectivity index (χ1) is 2.41. The molecule has 0 radical (unpaired) electrons. The Balaban J connectivity index is 3.04. The van der Waals surface area contributed by atoms with Crippen LogP contribution in [0.1, 0.15) is 0 Å². The smallest absolute Gasteiger partial charge is 0.0704 e. The maximum Gasteiger partial charge on any atom is 0.0704 e. The second kappa shape index (κ2) is 3.23. The second-order valence-electron chi connectivity index (χ2n) is 0.554. The van der Waals surface area contributed by atoms with E-state index in [0.29, 0.717) is 0 Å². The summed E-state index contributed by atoms with van der Waals surface area (Å²) in [6.45, 7) is 0. The third-order valence-corrected chi connectivity index (χ3v) is 0.204. The summed E-state index contributed by atoms with van der Waals surface area (Å²) in [5.41, 5.74) is 0. The van der Waals surface area contributed by atoms with Crippen LogP contribution in [-0.4, -0.2) is 13.3 Å². The van der Waals surface area contributed by atoms with Crippen LogP contribution in [0.2, 0.25) is 0 Å². The highest BCUT2D eigenvalue weighted by Gasteiger charge is 1.40. The zero-order chi connectivity index (χ0) is 4.12. The molecule has 0 atom stereocenters. The van der Waals surface area contributed by atoms with Gasteiger partial charge in [-0.25, -0.2) is 0 Å². The van der Waals surface area contributed by atoms with E-state index in [1.165, 1.54) is 6.21 Å². The molecule has 0 fully saturated rings. The van der Waals surface area contributed by atoms with Gasteiger partial charge < -0.3 is 0 Å². The fraction of sp³-hybridized carbons (Fsp3) is 0.250. The van der Waals surface area contributed by atoms with E-state index in [1.807, 2.05) is 0 Å². The highest BCUT2D eigenvalue weighted by molar-refractivity contribution is 5.76. The fourth-order valence-electron chi connectivity index (χ4n) is 0.0745. The van der Waals surface area contributed by atoms with Crippen molar-refractivity contribution in [2.45, 2.75) is 0 Å². The van der Waals surface area contributed by atoms with E-state index >= 15 is 0 Å². The molecule has 0 aliphatic carbocycles. The van der Waals surface area contributed by atoms with Crippen LogP contribution in [-0.2, 0) is 0 Å². The van der Waals surface area contributed by atoms with Crippen molar-refractivity contribution < 1.29 is 0 Å². The van der Waals surface area contributed by atoms with Crippen LogP contribution in [0.15, 0.2) is 4.99 Å². The van der Waals surface area contributed by atoms with Gasteiger partial charge in [-0.2, -0.15) is 0 Å². The summed E-state index contributed by atoms with van der Waals surface area (Å²) >= 11 is 0. The standard InChI is InChI=1S/C4H5N/c1-3-4-5-2/h1,4H,2H3. The molecule has 0 spiro atoms. The topological polar surface area (TPSA) is 12.4 Å². The van der Waals surface area contributed by atoms with E-state index in [4.69, 9.17) is 6.42 Å². The van der Waals surface area contributed by atoms with Crippen molar-refractivity contribution in [2.75, 3.05) is 7.05 Å². The molecular weight excluding hydrogens is 62.1 g/mol. The maximum absolute atomic E-state index is 4.74. The SMILES string of the molecule is C#CC=NC. The molecule has 0 amide bonds. The second-order valence-corrected chi connectivity index (χ2v) is 0.554. The summed E-state index contributed by atoms with van der Waals surface area (Å²) in [6.07, 6.45) is 6.14. The normalized spacial score (nSPS) is 8.00. The molecule has 0 rings (SSSR count). The molecular formula is C4H5N. The molecule has 0 bridgehead atoms. The summed E-state index contributed by atoms with van der Waals surface area (Å²) in [7, 11) is 1.64. The van der Waals surface area contributed by atoms with Crippen LogP contribution in [0.3, 0.4) is 0 Å². The Labute approximate surface area is 31.7 Å². The van der Waals surface area contributed by atoms with Crippen LogP contribution in [0.4, 0.5) is 0 Å². The molecule has 5 heavy (non-hydrogen) atoms. The van der Waals surface area contributed by atoms with Gasteiger partial charge in [0.25, 0.3) is 0 Å². The number of terminal acetylenes is 1. The van der Waals surface area contributed by atoms with E-state index in [1.54, 1.807) is 7.05 Å². The molecule has 0 heterocycles. The third kappa shape index (κ3) is 3.23. The maximum atomic E-state index is 4.74. The average Bonchev–Trinajstić information content (AvgIpc) is 1.41. The summed E-state index contributed by atoms with van der Waals surface area (Å²) in [5, 5.41) is 0. The van der Waals surface area contributed by atoms with Crippen LogP contribution < -0.4 is 0 Å². The lowest BCUT2D eigenvalue weighted by Gasteiger charge is -1.54. The lowest BCUT2D eigenvalue weighted by atomic mass is 10.8. The van der Waals surface area contributed by atoms with Crippen molar-refractivity contribution in [3.05, 3.63) is 0 Å². The molecule has 26 valence electrons. The lowest BCUT2D eigenvalue weighted by molar-refractivity contribution is 1.48. The molecule has 1 heteroatoms. The largest absolute Gasteiger partial charge is 0.288 e. The van der Waals surface area contributed by atoms with Crippen LogP contribution in [0, 0.1) is 12.3 Å². The van der Waals surface area contributed by atoms with Gasteiger partial charge in [-0.3, -0.25) is 4.99 Å². The minimum absolute atomic E-state index is 1.40. The highest BCUT2D eigenvalue weighted by Crippen LogP contribution is 1.41. The number of hydrogen-bond donors (Lipinski definition) is 0. The Hall–Kier alpha value is -0.770. The molecule has 0 aliphatic heterocycles. The van der Waals surface area contributed by atoms with Gasteiger partial charge in [0.1, 0.15) is 0 Å². The summed E-state index contributed by atoms with van der Waals surface area (Å²) < 4.78 is 0. The number of rotatable bonds is 0. The Bertz CT molecular complexity index is 66.2. The van der Waals surface area contributed by atoms with E-state index in [-0.39, 0.29) is 0 Å². The van der Waals surface area contributed by atoms with Crippen molar-refractivity contribution in [2.24, 2.45) is 4.99 Å². The summed E-state index contributed by atoms with van der Waals surface area (Å²) in [4.78, 5) is 3.49. The predicted octanol–water partition coefficient (Wildman–Crippen LogP) is 0.320. The molecule has 0 aromatic heterocycles. The average molecular weight is 67.1 g/mol. The molecule has 0 N–H and O–H groups in total. The Morgan fingerprint density at radius 1 is 2.00 bits per heavy atom. The van der Waals surface area contributed by atoms with Gasteiger partial charge in [0.15, 0.2) is 0 Å². The van der Waals surface area contributed by atoms with Crippen LogP contribution in [0.5, 0.6) is 0 Å². The first kappa shape index (κ1) is 4.23. The van der Waals surface area contributed by atoms with Crippen molar-refractivity contribution >= 4 is 6.21 Å². The zero-order valence-corrected chi connectivity index (χ0v) is 3.10. The molecule has 0 aliphatic rings. The van der Waals surface area contributed by atoms with Crippen LogP contribution >= 0.6 is 0 Å². The lowest BCUT2D eigenvalue weighted by Crippen LogP contribution is -1.54. The molecule has 0 saturated carbocycles. The van der Waals surface area contributed by atoms with Crippen molar-refractivity contribution in [1.82, 2.24) is 0 Å².